The Morgan fingerprint density at radius 1 is 1.06 bits per heavy atom. The standard InChI is InChI=1S/C25H22N2O7/c28-23(33-15-20-12-21(27(30)31)11-19-14-32-16-34-24(19)20)13-22(17-7-3-1-4-8-17)26-25(29)18-9-5-2-6-10-18/h1-12,22H,13-16H2,(H,26,29)/t22-/m1/s1. The fourth-order valence-electron chi connectivity index (χ4n) is 3.65. The predicted molar refractivity (Wildman–Crippen MR) is 121 cm³/mol. The first kappa shape index (κ1) is 22.9. The van der Waals surface area contributed by atoms with Crippen LogP contribution in [-0.2, 0) is 27.5 Å². The maximum Gasteiger partial charge on any atom is 0.308 e. The molecule has 0 aromatic heterocycles. The molecule has 1 amide bonds. The molecule has 0 radical (unpaired) electrons. The molecule has 1 aliphatic heterocycles. The van der Waals surface area contributed by atoms with E-state index in [2.05, 4.69) is 5.32 Å². The van der Waals surface area contributed by atoms with Crippen molar-refractivity contribution < 1.29 is 28.7 Å². The SMILES string of the molecule is O=C(C[C@@H](NC(=O)c1ccccc1)c1ccccc1)OCc1cc([N+](=O)[O-])cc2c1OCOC2. The van der Waals surface area contributed by atoms with Gasteiger partial charge >= 0.3 is 5.97 Å². The van der Waals surface area contributed by atoms with Crippen LogP contribution in [0.5, 0.6) is 5.75 Å². The van der Waals surface area contributed by atoms with Gasteiger partial charge < -0.3 is 19.5 Å². The minimum atomic E-state index is -0.620. The van der Waals surface area contributed by atoms with E-state index in [1.165, 1.54) is 12.1 Å². The molecular weight excluding hydrogens is 440 g/mol. The van der Waals surface area contributed by atoms with E-state index in [0.29, 0.717) is 22.4 Å². The number of fused-ring (bicyclic) bond motifs is 1. The highest BCUT2D eigenvalue weighted by atomic mass is 16.7. The number of nitro groups is 1. The molecule has 0 fully saturated rings. The van der Waals surface area contributed by atoms with Gasteiger partial charge in [-0.1, -0.05) is 48.5 Å². The molecule has 4 rings (SSSR count). The number of ether oxygens (including phenoxy) is 3. The van der Waals surface area contributed by atoms with E-state index >= 15 is 0 Å². The molecule has 1 N–H and O–H groups in total. The van der Waals surface area contributed by atoms with E-state index in [4.69, 9.17) is 14.2 Å². The lowest BCUT2D eigenvalue weighted by molar-refractivity contribution is -0.385. The lowest BCUT2D eigenvalue weighted by atomic mass is 10.0. The second-order valence-corrected chi connectivity index (χ2v) is 7.63. The summed E-state index contributed by atoms with van der Waals surface area (Å²) in [6, 6.07) is 19.9. The molecule has 9 nitrogen and oxygen atoms in total. The minimum Gasteiger partial charge on any atom is -0.467 e. The van der Waals surface area contributed by atoms with Gasteiger partial charge in [-0.05, 0) is 17.7 Å². The van der Waals surface area contributed by atoms with E-state index in [9.17, 15) is 19.7 Å². The Balaban J connectivity index is 1.48. The number of nitrogens with zero attached hydrogens (tertiary/aromatic N) is 1. The van der Waals surface area contributed by atoms with Gasteiger partial charge in [0, 0.05) is 28.8 Å². The van der Waals surface area contributed by atoms with Gasteiger partial charge in [0.2, 0.25) is 0 Å². The predicted octanol–water partition coefficient (Wildman–Crippen LogP) is 4.07. The Hall–Kier alpha value is -4.24. The molecule has 0 unspecified atom stereocenters. The summed E-state index contributed by atoms with van der Waals surface area (Å²) in [5, 5.41) is 14.2. The Bertz CT molecular complexity index is 1180. The molecule has 1 aliphatic rings. The van der Waals surface area contributed by atoms with Crippen molar-refractivity contribution in [2.75, 3.05) is 6.79 Å². The van der Waals surface area contributed by atoms with Crippen LogP contribution in [0.3, 0.4) is 0 Å². The number of carbonyl (C=O) groups is 2. The lowest BCUT2D eigenvalue weighted by Gasteiger charge is -2.21. The Morgan fingerprint density at radius 3 is 2.47 bits per heavy atom. The van der Waals surface area contributed by atoms with Crippen molar-refractivity contribution in [2.45, 2.75) is 25.7 Å². The first-order valence-corrected chi connectivity index (χ1v) is 10.6. The number of nitro benzene ring substituents is 1. The zero-order valence-electron chi connectivity index (χ0n) is 18.1. The van der Waals surface area contributed by atoms with Crippen LogP contribution in [0.1, 0.15) is 39.5 Å². The molecule has 0 saturated heterocycles. The number of hydrogen-bond acceptors (Lipinski definition) is 7. The highest BCUT2D eigenvalue weighted by Gasteiger charge is 2.24. The Kier molecular flexibility index (Phi) is 7.14. The van der Waals surface area contributed by atoms with Gasteiger partial charge in [-0.15, -0.1) is 0 Å². The maximum atomic E-state index is 12.7. The van der Waals surface area contributed by atoms with Crippen LogP contribution in [0.2, 0.25) is 0 Å². The molecule has 3 aromatic rings. The fraction of sp³-hybridized carbons (Fsp3) is 0.200. The average molecular weight is 462 g/mol. The van der Waals surface area contributed by atoms with Gasteiger partial charge in [-0.2, -0.15) is 0 Å². The van der Waals surface area contributed by atoms with Gasteiger partial charge in [-0.25, -0.2) is 0 Å². The number of rotatable bonds is 8. The monoisotopic (exact) mass is 462 g/mol. The molecule has 174 valence electrons. The summed E-state index contributed by atoms with van der Waals surface area (Å²) < 4.78 is 16.1. The fourth-order valence-corrected chi connectivity index (χ4v) is 3.65. The first-order chi connectivity index (χ1) is 16.5. The van der Waals surface area contributed by atoms with Crippen LogP contribution in [0.4, 0.5) is 5.69 Å². The second-order valence-electron chi connectivity index (χ2n) is 7.63. The van der Waals surface area contributed by atoms with Crippen molar-refractivity contribution in [1.29, 1.82) is 0 Å². The molecule has 34 heavy (non-hydrogen) atoms. The number of benzene rings is 3. The van der Waals surface area contributed by atoms with E-state index in [0.717, 1.165) is 5.56 Å². The average Bonchev–Trinajstić information content (AvgIpc) is 2.87. The minimum absolute atomic E-state index is 0.00730. The van der Waals surface area contributed by atoms with Crippen molar-refractivity contribution >= 4 is 17.6 Å². The Labute approximate surface area is 195 Å². The molecule has 1 atom stereocenters. The summed E-state index contributed by atoms with van der Waals surface area (Å²) in [6.45, 7) is -0.0378. The van der Waals surface area contributed by atoms with E-state index in [-0.39, 0.29) is 38.0 Å². The van der Waals surface area contributed by atoms with Gasteiger partial charge in [0.15, 0.2) is 6.79 Å². The largest absolute Gasteiger partial charge is 0.467 e. The Morgan fingerprint density at radius 2 is 1.76 bits per heavy atom. The van der Waals surface area contributed by atoms with Crippen molar-refractivity contribution in [2.24, 2.45) is 0 Å². The molecule has 0 aliphatic carbocycles. The van der Waals surface area contributed by atoms with Crippen molar-refractivity contribution in [3.8, 4) is 5.75 Å². The smallest absolute Gasteiger partial charge is 0.308 e. The third-order valence-corrected chi connectivity index (χ3v) is 5.29. The number of nitrogens with one attached hydrogen (secondary N) is 1. The molecule has 9 heteroatoms. The number of esters is 1. The normalized spacial score (nSPS) is 13.2. The molecule has 0 spiro atoms. The van der Waals surface area contributed by atoms with Gasteiger partial charge in [0.25, 0.3) is 11.6 Å². The maximum absolute atomic E-state index is 12.7. The molecular formula is C25H22N2O7. The highest BCUT2D eigenvalue weighted by molar-refractivity contribution is 5.94. The summed E-state index contributed by atoms with van der Waals surface area (Å²) >= 11 is 0. The lowest BCUT2D eigenvalue weighted by Crippen LogP contribution is -2.30. The van der Waals surface area contributed by atoms with Crippen molar-refractivity contribution in [1.82, 2.24) is 5.32 Å². The van der Waals surface area contributed by atoms with Gasteiger partial charge in [-0.3, -0.25) is 19.7 Å². The zero-order chi connectivity index (χ0) is 23.9. The summed E-state index contributed by atoms with van der Waals surface area (Å²) in [5.41, 5.74) is 1.97. The highest BCUT2D eigenvalue weighted by Crippen LogP contribution is 2.33. The van der Waals surface area contributed by atoms with Crippen LogP contribution >= 0.6 is 0 Å². The summed E-state index contributed by atoms with van der Waals surface area (Å²) in [7, 11) is 0. The van der Waals surface area contributed by atoms with Gasteiger partial charge in [0.1, 0.15) is 12.4 Å². The van der Waals surface area contributed by atoms with E-state index in [1.54, 1.807) is 24.3 Å². The third-order valence-electron chi connectivity index (χ3n) is 5.29. The molecule has 0 bridgehead atoms. The van der Waals surface area contributed by atoms with E-state index in [1.807, 2.05) is 36.4 Å². The third kappa shape index (κ3) is 5.57. The van der Waals surface area contributed by atoms with E-state index < -0.39 is 16.9 Å². The molecule has 1 heterocycles. The van der Waals surface area contributed by atoms with Crippen LogP contribution in [0.25, 0.3) is 0 Å². The van der Waals surface area contributed by atoms with Crippen molar-refractivity contribution in [3.05, 3.63) is 105 Å². The topological polar surface area (TPSA) is 117 Å². The second kappa shape index (κ2) is 10.6. The number of carbonyl (C=O) groups excluding carboxylic acids is 2. The van der Waals surface area contributed by atoms with Crippen LogP contribution in [0, 0.1) is 10.1 Å². The number of amides is 1. The number of non-ortho nitro benzene ring substituents is 1. The molecule has 3 aromatic carbocycles. The van der Waals surface area contributed by atoms with Crippen LogP contribution in [-0.4, -0.2) is 23.6 Å². The number of hydrogen-bond donors (Lipinski definition) is 1. The summed E-state index contributed by atoms with van der Waals surface area (Å²) in [4.78, 5) is 36.2. The van der Waals surface area contributed by atoms with Crippen molar-refractivity contribution in [3.63, 3.8) is 0 Å². The molecule has 0 saturated carbocycles. The van der Waals surface area contributed by atoms with Crippen LogP contribution < -0.4 is 10.1 Å². The zero-order valence-corrected chi connectivity index (χ0v) is 18.1. The summed E-state index contributed by atoms with van der Waals surface area (Å²) in [5.74, 6) is -0.473. The van der Waals surface area contributed by atoms with Gasteiger partial charge in [0.05, 0.1) is 24.0 Å². The summed E-state index contributed by atoms with van der Waals surface area (Å²) in [6.07, 6.45) is -0.121. The first-order valence-electron chi connectivity index (χ1n) is 10.6. The quantitative estimate of drug-likeness (QED) is 0.305. The van der Waals surface area contributed by atoms with Crippen LogP contribution in [0.15, 0.2) is 72.8 Å².